The van der Waals surface area contributed by atoms with Crippen molar-refractivity contribution in [3.8, 4) is 22.7 Å². The first-order valence-electron chi connectivity index (χ1n) is 7.61. The Labute approximate surface area is 160 Å². The molecule has 0 fully saturated rings. The van der Waals surface area contributed by atoms with Crippen molar-refractivity contribution in [3.63, 3.8) is 0 Å². The summed E-state index contributed by atoms with van der Waals surface area (Å²) in [6.45, 7) is 0. The Bertz CT molecular complexity index is 973. The fourth-order valence-electron chi connectivity index (χ4n) is 2.41. The first kappa shape index (κ1) is 19.7. The minimum absolute atomic E-state index is 0.0186. The monoisotopic (exact) mass is 411 g/mol. The molecule has 3 rings (SSSR count). The van der Waals surface area contributed by atoms with E-state index >= 15 is 0 Å². The molecule has 0 amide bonds. The number of nitrogens with two attached hydrogens (primary N) is 1. The molecule has 0 bridgehead atoms. The van der Waals surface area contributed by atoms with Gasteiger partial charge in [0, 0.05) is 5.56 Å². The standard InChI is InChI=1S/C17H12F3N3O4S/c18-17(19,20)15-9-14(10-1-3-11(4-2-10)16(24)25)23(22-15)12-5-7-13(8-6-12)26-27-28-21/h1-9H,21H2,(H,24,25). The Morgan fingerprint density at radius 3 is 2.29 bits per heavy atom. The van der Waals surface area contributed by atoms with Crippen LogP contribution in [0, 0.1) is 0 Å². The van der Waals surface area contributed by atoms with E-state index < -0.39 is 17.8 Å². The zero-order valence-corrected chi connectivity index (χ0v) is 14.7. The van der Waals surface area contributed by atoms with Crippen LogP contribution in [-0.4, -0.2) is 20.9 Å². The number of aromatic carboxylic acids is 1. The molecule has 7 nitrogen and oxygen atoms in total. The van der Waals surface area contributed by atoms with Crippen LogP contribution in [0.25, 0.3) is 16.9 Å². The Hall–Kier alpha value is -3.02. The summed E-state index contributed by atoms with van der Waals surface area (Å²) in [4.78, 5) is 15.8. The van der Waals surface area contributed by atoms with Crippen LogP contribution in [0.5, 0.6) is 5.75 Å². The van der Waals surface area contributed by atoms with Crippen LogP contribution in [0.4, 0.5) is 13.2 Å². The molecule has 1 aromatic heterocycles. The molecule has 0 aliphatic rings. The average molecular weight is 411 g/mol. The molecule has 0 aliphatic heterocycles. The van der Waals surface area contributed by atoms with E-state index in [1.165, 1.54) is 48.5 Å². The van der Waals surface area contributed by atoms with Crippen LogP contribution in [0.3, 0.4) is 0 Å². The molecule has 0 saturated carbocycles. The zero-order chi connectivity index (χ0) is 20.3. The van der Waals surface area contributed by atoms with Crippen LogP contribution in [0.15, 0.2) is 54.6 Å². The van der Waals surface area contributed by atoms with Gasteiger partial charge in [-0.05, 0) is 42.5 Å². The van der Waals surface area contributed by atoms with Gasteiger partial charge in [0.05, 0.1) is 16.9 Å². The molecule has 0 spiro atoms. The van der Waals surface area contributed by atoms with Crippen LogP contribution in [0.1, 0.15) is 16.1 Å². The first-order valence-corrected chi connectivity index (χ1v) is 8.41. The van der Waals surface area contributed by atoms with Gasteiger partial charge in [0.15, 0.2) is 11.4 Å². The Morgan fingerprint density at radius 1 is 1.11 bits per heavy atom. The summed E-state index contributed by atoms with van der Waals surface area (Å²) in [5, 5.41) is 17.7. The van der Waals surface area contributed by atoms with Gasteiger partial charge in [0.2, 0.25) is 0 Å². The molecule has 0 unspecified atom stereocenters. The van der Waals surface area contributed by atoms with Crippen molar-refractivity contribution >= 4 is 18.2 Å². The second-order valence-corrected chi connectivity index (χ2v) is 5.78. The number of halogens is 3. The lowest BCUT2D eigenvalue weighted by atomic mass is 10.1. The van der Waals surface area contributed by atoms with Crippen molar-refractivity contribution in [1.82, 2.24) is 9.78 Å². The summed E-state index contributed by atoms with van der Waals surface area (Å²) in [5.41, 5.74) is -0.207. The van der Waals surface area contributed by atoms with E-state index in [1.54, 1.807) is 0 Å². The summed E-state index contributed by atoms with van der Waals surface area (Å²) in [7, 11) is 0. The van der Waals surface area contributed by atoms with Gasteiger partial charge >= 0.3 is 12.1 Å². The van der Waals surface area contributed by atoms with E-state index in [1.807, 2.05) is 0 Å². The number of carbonyl (C=O) groups is 1. The summed E-state index contributed by atoms with van der Waals surface area (Å²) in [6.07, 6.45) is -4.64. The fourth-order valence-corrected chi connectivity index (χ4v) is 2.53. The van der Waals surface area contributed by atoms with Crippen LogP contribution >= 0.6 is 12.2 Å². The average Bonchev–Trinajstić information content (AvgIpc) is 3.13. The molecule has 1 heterocycles. The van der Waals surface area contributed by atoms with Crippen LogP contribution in [-0.2, 0) is 10.5 Å². The second kappa shape index (κ2) is 7.92. The van der Waals surface area contributed by atoms with E-state index in [0.29, 0.717) is 23.5 Å². The summed E-state index contributed by atoms with van der Waals surface area (Å²) in [6, 6.07) is 12.3. The quantitative estimate of drug-likeness (QED) is 0.273. The highest BCUT2D eigenvalue weighted by Crippen LogP contribution is 2.33. The third kappa shape index (κ3) is 4.27. The molecule has 28 heavy (non-hydrogen) atoms. The maximum absolute atomic E-state index is 13.2. The van der Waals surface area contributed by atoms with Crippen LogP contribution < -0.4 is 10.0 Å². The van der Waals surface area contributed by atoms with E-state index in [9.17, 15) is 18.0 Å². The smallest absolute Gasteiger partial charge is 0.435 e. The molecule has 146 valence electrons. The first-order chi connectivity index (χ1) is 13.3. The minimum atomic E-state index is -4.64. The topological polar surface area (TPSA) is 99.6 Å². The van der Waals surface area contributed by atoms with Crippen molar-refractivity contribution in [2.45, 2.75) is 6.18 Å². The van der Waals surface area contributed by atoms with Gasteiger partial charge in [-0.1, -0.05) is 16.5 Å². The number of rotatable bonds is 6. The van der Waals surface area contributed by atoms with Gasteiger partial charge in [0.1, 0.15) is 12.2 Å². The van der Waals surface area contributed by atoms with Gasteiger partial charge in [-0.2, -0.15) is 18.3 Å². The highest BCUT2D eigenvalue weighted by Gasteiger charge is 2.35. The molecular formula is C17H12F3N3O4S. The number of carboxylic acid groups (broad SMARTS) is 1. The predicted molar refractivity (Wildman–Crippen MR) is 94.5 cm³/mol. The normalized spacial score (nSPS) is 11.4. The Kier molecular flexibility index (Phi) is 5.58. The number of hydrogen-bond donors (Lipinski definition) is 2. The third-order valence-electron chi connectivity index (χ3n) is 3.68. The lowest BCUT2D eigenvalue weighted by Gasteiger charge is -2.09. The molecule has 11 heteroatoms. The number of carboxylic acids is 1. The van der Waals surface area contributed by atoms with Gasteiger partial charge < -0.3 is 9.99 Å². The van der Waals surface area contributed by atoms with Gasteiger partial charge in [-0.25, -0.2) is 9.48 Å². The molecule has 0 aliphatic carbocycles. The summed E-state index contributed by atoms with van der Waals surface area (Å²) in [5.74, 6) is -0.846. The van der Waals surface area contributed by atoms with Crippen LogP contribution in [0.2, 0.25) is 0 Å². The van der Waals surface area contributed by atoms with Gasteiger partial charge in [0.25, 0.3) is 0 Å². The zero-order valence-electron chi connectivity index (χ0n) is 13.9. The molecule has 0 atom stereocenters. The molecule has 0 saturated heterocycles. The molecule has 2 aromatic carbocycles. The highest BCUT2D eigenvalue weighted by atomic mass is 32.2. The van der Waals surface area contributed by atoms with Crippen molar-refractivity contribution in [2.75, 3.05) is 0 Å². The van der Waals surface area contributed by atoms with Crippen molar-refractivity contribution < 1.29 is 32.3 Å². The summed E-state index contributed by atoms with van der Waals surface area (Å²) < 4.78 is 45.2. The maximum Gasteiger partial charge on any atom is 0.435 e. The van der Waals surface area contributed by atoms with Gasteiger partial charge in [-0.15, -0.1) is 0 Å². The Morgan fingerprint density at radius 2 is 1.75 bits per heavy atom. The second-order valence-electron chi connectivity index (χ2n) is 5.45. The molecule has 0 radical (unpaired) electrons. The predicted octanol–water partition coefficient (Wildman–Crippen LogP) is 4.09. The van der Waals surface area contributed by atoms with Crippen molar-refractivity contribution in [1.29, 1.82) is 0 Å². The van der Waals surface area contributed by atoms with Crippen molar-refractivity contribution in [3.05, 3.63) is 65.9 Å². The van der Waals surface area contributed by atoms with E-state index in [-0.39, 0.29) is 17.0 Å². The SMILES string of the molecule is NSOOc1ccc(-n2nc(C(F)(F)F)cc2-c2ccc(C(=O)O)cc2)cc1. The number of alkyl halides is 3. The van der Waals surface area contributed by atoms with E-state index in [4.69, 9.17) is 15.1 Å². The summed E-state index contributed by atoms with van der Waals surface area (Å²) >= 11 is 0.499. The van der Waals surface area contributed by atoms with E-state index in [0.717, 1.165) is 10.7 Å². The van der Waals surface area contributed by atoms with Crippen molar-refractivity contribution in [2.24, 2.45) is 5.14 Å². The number of aromatic nitrogens is 2. The number of nitrogens with zero attached hydrogens (tertiary/aromatic N) is 2. The number of hydrogen-bond acceptors (Lipinski definition) is 6. The molecule has 3 aromatic rings. The minimum Gasteiger partial charge on any atom is -0.478 e. The lowest BCUT2D eigenvalue weighted by molar-refractivity contribution is -0.141. The Balaban J connectivity index is 2.04. The molecule has 3 N–H and O–H groups in total. The lowest BCUT2D eigenvalue weighted by Crippen LogP contribution is -2.07. The third-order valence-corrected chi connectivity index (χ3v) is 3.82. The number of benzene rings is 2. The maximum atomic E-state index is 13.2. The van der Waals surface area contributed by atoms with Gasteiger partial charge in [-0.3, -0.25) is 5.14 Å². The highest BCUT2D eigenvalue weighted by molar-refractivity contribution is 7.92. The molecular weight excluding hydrogens is 399 g/mol. The largest absolute Gasteiger partial charge is 0.478 e. The fraction of sp³-hybridized carbons (Fsp3) is 0.0588. The van der Waals surface area contributed by atoms with E-state index in [2.05, 4.69) is 9.43 Å².